The molecule has 0 amide bonds. The number of halogens is 2. The van der Waals surface area contributed by atoms with Crippen LogP contribution in [0.5, 0.6) is 0 Å². The fourth-order valence-electron chi connectivity index (χ4n) is 1.52. The number of aryl methyl sites for hydroxylation is 1. The molecule has 0 atom stereocenters. The third kappa shape index (κ3) is 4.23. The Bertz CT molecular complexity index is 348. The van der Waals surface area contributed by atoms with E-state index in [9.17, 15) is 0 Å². The largest absolute Gasteiger partial charge is 0.384 e. The molecule has 0 aliphatic rings. The van der Waals surface area contributed by atoms with E-state index in [4.69, 9.17) is 23.2 Å². The first kappa shape index (κ1) is 13.7. The number of hydrogen-bond acceptors (Lipinski definition) is 1. The molecule has 0 radical (unpaired) electrons. The molecular weight excluding hydrogens is 241 g/mol. The topological polar surface area (TPSA) is 12.0 Å². The Morgan fingerprint density at radius 3 is 2.50 bits per heavy atom. The summed E-state index contributed by atoms with van der Waals surface area (Å²) < 4.78 is 0. The standard InChI is InChI=1S/C13H19Cl2N/c1-9(2)5-4-6-16-13-8-11(14)10(3)7-12(13)15/h7-9,16H,4-6H2,1-3H3. The van der Waals surface area contributed by atoms with Crippen molar-refractivity contribution in [3.63, 3.8) is 0 Å². The van der Waals surface area contributed by atoms with Crippen LogP contribution < -0.4 is 5.32 Å². The Morgan fingerprint density at radius 1 is 1.19 bits per heavy atom. The van der Waals surface area contributed by atoms with Gasteiger partial charge in [0.1, 0.15) is 0 Å². The first-order chi connectivity index (χ1) is 7.50. The summed E-state index contributed by atoms with van der Waals surface area (Å²) in [7, 11) is 0. The molecule has 0 aromatic heterocycles. The molecule has 90 valence electrons. The van der Waals surface area contributed by atoms with Crippen molar-refractivity contribution in [3.05, 3.63) is 27.7 Å². The fourth-order valence-corrected chi connectivity index (χ4v) is 1.96. The van der Waals surface area contributed by atoms with Crippen molar-refractivity contribution in [1.82, 2.24) is 0 Å². The summed E-state index contributed by atoms with van der Waals surface area (Å²) in [6, 6.07) is 3.79. The summed E-state index contributed by atoms with van der Waals surface area (Å²) in [6.45, 7) is 7.36. The number of benzene rings is 1. The quantitative estimate of drug-likeness (QED) is 0.722. The van der Waals surface area contributed by atoms with E-state index >= 15 is 0 Å². The summed E-state index contributed by atoms with van der Waals surface area (Å²) in [6.07, 6.45) is 2.38. The van der Waals surface area contributed by atoms with Gasteiger partial charge in [0.15, 0.2) is 0 Å². The predicted molar refractivity (Wildman–Crippen MR) is 73.8 cm³/mol. The van der Waals surface area contributed by atoms with Crippen LogP contribution in [0.25, 0.3) is 0 Å². The molecular formula is C13H19Cl2N. The molecule has 0 fully saturated rings. The molecule has 0 spiro atoms. The average molecular weight is 260 g/mol. The van der Waals surface area contributed by atoms with Crippen molar-refractivity contribution in [2.75, 3.05) is 11.9 Å². The van der Waals surface area contributed by atoms with Gasteiger partial charge in [-0.15, -0.1) is 0 Å². The summed E-state index contributed by atoms with van der Waals surface area (Å²) in [5.41, 5.74) is 1.94. The predicted octanol–water partition coefficient (Wildman–Crippen LogP) is 5.15. The van der Waals surface area contributed by atoms with Crippen LogP contribution in [0.3, 0.4) is 0 Å². The number of rotatable bonds is 5. The van der Waals surface area contributed by atoms with E-state index in [0.29, 0.717) is 0 Å². The summed E-state index contributed by atoms with van der Waals surface area (Å²) in [5.74, 6) is 0.749. The second-order valence-corrected chi connectivity index (χ2v) is 5.36. The van der Waals surface area contributed by atoms with Gasteiger partial charge in [-0.2, -0.15) is 0 Å². The average Bonchev–Trinajstić information content (AvgIpc) is 2.19. The van der Waals surface area contributed by atoms with Gasteiger partial charge in [0.25, 0.3) is 0 Å². The summed E-state index contributed by atoms with van der Waals surface area (Å²) in [5, 5.41) is 4.82. The molecule has 1 aromatic rings. The first-order valence-corrected chi connectivity index (χ1v) is 6.46. The normalized spacial score (nSPS) is 10.9. The second-order valence-electron chi connectivity index (χ2n) is 4.54. The lowest BCUT2D eigenvalue weighted by Gasteiger charge is -2.11. The van der Waals surface area contributed by atoms with Crippen LogP contribution in [0.1, 0.15) is 32.3 Å². The highest BCUT2D eigenvalue weighted by molar-refractivity contribution is 6.35. The zero-order chi connectivity index (χ0) is 12.1. The van der Waals surface area contributed by atoms with E-state index in [-0.39, 0.29) is 0 Å². The van der Waals surface area contributed by atoms with Crippen molar-refractivity contribution < 1.29 is 0 Å². The third-order valence-corrected chi connectivity index (χ3v) is 3.24. The maximum absolute atomic E-state index is 6.12. The Hall–Kier alpha value is -0.400. The van der Waals surface area contributed by atoms with Crippen LogP contribution in [0.15, 0.2) is 12.1 Å². The van der Waals surface area contributed by atoms with Crippen LogP contribution in [-0.2, 0) is 0 Å². The molecule has 0 heterocycles. The highest BCUT2D eigenvalue weighted by atomic mass is 35.5. The van der Waals surface area contributed by atoms with E-state index in [1.807, 2.05) is 19.1 Å². The van der Waals surface area contributed by atoms with Crippen molar-refractivity contribution in [2.24, 2.45) is 5.92 Å². The maximum Gasteiger partial charge on any atom is 0.0641 e. The SMILES string of the molecule is Cc1cc(Cl)c(NCCCC(C)C)cc1Cl. The van der Waals surface area contributed by atoms with Gasteiger partial charge in [-0.05, 0) is 43.4 Å². The van der Waals surface area contributed by atoms with Crippen LogP contribution in [0.4, 0.5) is 5.69 Å². The van der Waals surface area contributed by atoms with Crippen molar-refractivity contribution in [2.45, 2.75) is 33.6 Å². The van der Waals surface area contributed by atoms with E-state index in [0.717, 1.165) is 40.2 Å². The number of nitrogens with one attached hydrogen (secondary N) is 1. The van der Waals surface area contributed by atoms with Crippen LogP contribution in [-0.4, -0.2) is 6.54 Å². The minimum atomic E-state index is 0.742. The van der Waals surface area contributed by atoms with Gasteiger partial charge in [-0.1, -0.05) is 37.0 Å². The molecule has 1 aromatic carbocycles. The fraction of sp³-hybridized carbons (Fsp3) is 0.538. The lowest BCUT2D eigenvalue weighted by molar-refractivity contribution is 0.567. The van der Waals surface area contributed by atoms with Gasteiger partial charge >= 0.3 is 0 Å². The molecule has 16 heavy (non-hydrogen) atoms. The smallest absolute Gasteiger partial charge is 0.0641 e. The van der Waals surface area contributed by atoms with Gasteiger partial charge in [-0.3, -0.25) is 0 Å². The molecule has 0 aliphatic heterocycles. The molecule has 0 bridgehead atoms. The van der Waals surface area contributed by atoms with Crippen molar-refractivity contribution in [3.8, 4) is 0 Å². The van der Waals surface area contributed by atoms with Crippen molar-refractivity contribution in [1.29, 1.82) is 0 Å². The molecule has 0 saturated carbocycles. The third-order valence-electron chi connectivity index (χ3n) is 2.52. The van der Waals surface area contributed by atoms with Crippen LogP contribution >= 0.6 is 23.2 Å². The Morgan fingerprint density at radius 2 is 1.88 bits per heavy atom. The van der Waals surface area contributed by atoms with E-state index in [1.54, 1.807) is 0 Å². The van der Waals surface area contributed by atoms with E-state index in [1.165, 1.54) is 6.42 Å². The zero-order valence-corrected chi connectivity index (χ0v) is 11.6. The van der Waals surface area contributed by atoms with Gasteiger partial charge < -0.3 is 5.32 Å². The van der Waals surface area contributed by atoms with Gasteiger partial charge in [0.2, 0.25) is 0 Å². The van der Waals surface area contributed by atoms with Gasteiger partial charge in [-0.25, -0.2) is 0 Å². The maximum atomic E-state index is 6.12. The highest BCUT2D eigenvalue weighted by Crippen LogP contribution is 2.28. The zero-order valence-electron chi connectivity index (χ0n) is 10.1. The summed E-state index contributed by atoms with van der Waals surface area (Å²) >= 11 is 12.2. The van der Waals surface area contributed by atoms with E-state index < -0.39 is 0 Å². The number of hydrogen-bond donors (Lipinski definition) is 1. The molecule has 1 N–H and O–H groups in total. The molecule has 0 unspecified atom stereocenters. The van der Waals surface area contributed by atoms with Crippen molar-refractivity contribution >= 4 is 28.9 Å². The Balaban J connectivity index is 2.51. The second kappa shape index (κ2) is 6.36. The van der Waals surface area contributed by atoms with Gasteiger partial charge in [0, 0.05) is 11.6 Å². The lowest BCUT2D eigenvalue weighted by atomic mass is 10.1. The molecule has 1 nitrogen and oxygen atoms in total. The molecule has 3 heteroatoms. The lowest BCUT2D eigenvalue weighted by Crippen LogP contribution is -2.03. The molecule has 1 rings (SSSR count). The molecule has 0 saturated heterocycles. The first-order valence-electron chi connectivity index (χ1n) is 5.70. The minimum absolute atomic E-state index is 0.742. The number of anilines is 1. The van der Waals surface area contributed by atoms with E-state index in [2.05, 4.69) is 19.2 Å². The van der Waals surface area contributed by atoms with Crippen LogP contribution in [0.2, 0.25) is 10.0 Å². The van der Waals surface area contributed by atoms with Gasteiger partial charge in [0.05, 0.1) is 10.7 Å². The molecule has 0 aliphatic carbocycles. The van der Waals surface area contributed by atoms with Crippen LogP contribution in [0, 0.1) is 12.8 Å². The Labute approximate surface area is 108 Å². The highest BCUT2D eigenvalue weighted by Gasteiger charge is 2.04. The monoisotopic (exact) mass is 259 g/mol. The summed E-state index contributed by atoms with van der Waals surface area (Å²) in [4.78, 5) is 0. The minimum Gasteiger partial charge on any atom is -0.384 e. The Kier molecular flexibility index (Phi) is 5.43.